The Bertz CT molecular complexity index is 774. The van der Waals surface area contributed by atoms with Gasteiger partial charge in [0.25, 0.3) is 0 Å². The van der Waals surface area contributed by atoms with Gasteiger partial charge in [-0.25, -0.2) is 9.78 Å². The SMILES string of the molecule is CCOC(=O)c1cn2c(n1)CN(NC(=O)CCCl)c1ccccc1-2. The number of para-hydroxylation sites is 2. The summed E-state index contributed by atoms with van der Waals surface area (Å²) < 4.78 is 6.84. The first-order valence-electron chi connectivity index (χ1n) is 7.61. The van der Waals surface area contributed by atoms with Crippen LogP contribution in [-0.4, -0.2) is 33.9 Å². The summed E-state index contributed by atoms with van der Waals surface area (Å²) in [6, 6.07) is 7.56. The number of hydrazine groups is 1. The molecule has 0 bridgehead atoms. The highest BCUT2D eigenvalue weighted by Gasteiger charge is 2.26. The van der Waals surface area contributed by atoms with Gasteiger partial charge in [0.1, 0.15) is 5.82 Å². The van der Waals surface area contributed by atoms with Crippen LogP contribution in [0.1, 0.15) is 29.7 Å². The van der Waals surface area contributed by atoms with E-state index in [2.05, 4.69) is 10.4 Å². The Morgan fingerprint density at radius 2 is 2.08 bits per heavy atom. The zero-order valence-corrected chi connectivity index (χ0v) is 13.9. The summed E-state index contributed by atoms with van der Waals surface area (Å²) in [5, 5.41) is 1.71. The number of ether oxygens (including phenoxy) is 1. The van der Waals surface area contributed by atoms with E-state index in [1.807, 2.05) is 28.8 Å². The summed E-state index contributed by atoms with van der Waals surface area (Å²) in [6.07, 6.45) is 1.88. The predicted molar refractivity (Wildman–Crippen MR) is 89.2 cm³/mol. The molecule has 0 atom stereocenters. The number of amides is 1. The maximum atomic E-state index is 11.9. The van der Waals surface area contributed by atoms with Crippen molar-refractivity contribution in [3.8, 4) is 5.69 Å². The molecule has 2 aromatic rings. The largest absolute Gasteiger partial charge is 0.461 e. The average molecular weight is 349 g/mol. The Kier molecular flexibility index (Phi) is 4.71. The van der Waals surface area contributed by atoms with Gasteiger partial charge in [-0.1, -0.05) is 12.1 Å². The molecule has 1 aromatic heterocycles. The summed E-state index contributed by atoms with van der Waals surface area (Å²) in [5.74, 6) is 0.256. The lowest BCUT2D eigenvalue weighted by Crippen LogP contribution is -2.44. The van der Waals surface area contributed by atoms with Gasteiger partial charge < -0.3 is 4.74 Å². The van der Waals surface area contributed by atoms with E-state index < -0.39 is 5.97 Å². The summed E-state index contributed by atoms with van der Waals surface area (Å²) in [7, 11) is 0. The number of alkyl halides is 1. The Hall–Kier alpha value is -2.54. The van der Waals surface area contributed by atoms with Crippen LogP contribution >= 0.6 is 11.6 Å². The van der Waals surface area contributed by atoms with Gasteiger partial charge in [-0.3, -0.25) is 19.8 Å². The number of aromatic nitrogens is 2. The van der Waals surface area contributed by atoms with E-state index in [-0.39, 0.29) is 30.5 Å². The van der Waals surface area contributed by atoms with Crippen molar-refractivity contribution in [1.82, 2.24) is 15.0 Å². The van der Waals surface area contributed by atoms with Crippen LogP contribution < -0.4 is 10.4 Å². The molecule has 1 aliphatic heterocycles. The molecular weight excluding hydrogens is 332 g/mol. The fraction of sp³-hybridized carbons (Fsp3) is 0.312. The zero-order valence-electron chi connectivity index (χ0n) is 13.2. The summed E-state index contributed by atoms with van der Waals surface area (Å²) in [4.78, 5) is 28.2. The van der Waals surface area contributed by atoms with E-state index in [1.165, 1.54) is 0 Å². The normalized spacial score (nSPS) is 12.3. The van der Waals surface area contributed by atoms with Crippen molar-refractivity contribution in [3.05, 3.63) is 42.0 Å². The maximum absolute atomic E-state index is 11.9. The number of nitrogens with zero attached hydrogens (tertiary/aromatic N) is 3. The van der Waals surface area contributed by atoms with Crippen molar-refractivity contribution in [2.24, 2.45) is 0 Å². The number of nitrogens with one attached hydrogen (secondary N) is 1. The van der Waals surface area contributed by atoms with Crippen molar-refractivity contribution >= 4 is 29.2 Å². The topological polar surface area (TPSA) is 76.5 Å². The molecule has 1 amide bonds. The molecular formula is C16H17ClN4O3. The minimum Gasteiger partial charge on any atom is -0.461 e. The maximum Gasteiger partial charge on any atom is 0.358 e. The standard InChI is InChI=1S/C16H17ClN4O3/c1-2-24-16(23)11-9-20-12-5-3-4-6-13(12)21(10-14(20)18-11)19-15(22)7-8-17/h3-6,9H,2,7-8,10H2,1H3,(H,19,22). The zero-order chi connectivity index (χ0) is 17.1. The van der Waals surface area contributed by atoms with E-state index in [0.717, 1.165) is 11.4 Å². The predicted octanol–water partition coefficient (Wildman–Crippen LogP) is 2.03. The molecule has 0 saturated heterocycles. The van der Waals surface area contributed by atoms with Crippen molar-refractivity contribution in [2.45, 2.75) is 19.9 Å². The number of carbonyl (C=O) groups excluding carboxylic acids is 2. The van der Waals surface area contributed by atoms with Crippen LogP contribution in [0.3, 0.4) is 0 Å². The van der Waals surface area contributed by atoms with Crippen LogP contribution in [0.2, 0.25) is 0 Å². The molecule has 24 heavy (non-hydrogen) atoms. The molecule has 1 aliphatic rings. The van der Waals surface area contributed by atoms with Crippen molar-refractivity contribution < 1.29 is 14.3 Å². The monoisotopic (exact) mass is 348 g/mol. The first-order chi connectivity index (χ1) is 11.6. The van der Waals surface area contributed by atoms with Gasteiger partial charge in [0, 0.05) is 18.5 Å². The summed E-state index contributed by atoms with van der Waals surface area (Å²) in [5.41, 5.74) is 4.71. The number of hydrogen-bond acceptors (Lipinski definition) is 5. The number of rotatable bonds is 5. The molecule has 1 N–H and O–H groups in total. The number of fused-ring (bicyclic) bond motifs is 3. The van der Waals surface area contributed by atoms with Gasteiger partial charge in [0.05, 0.1) is 24.5 Å². The van der Waals surface area contributed by atoms with Gasteiger partial charge >= 0.3 is 5.97 Å². The minimum absolute atomic E-state index is 0.176. The highest BCUT2D eigenvalue weighted by molar-refractivity contribution is 6.18. The van der Waals surface area contributed by atoms with E-state index in [0.29, 0.717) is 12.4 Å². The van der Waals surface area contributed by atoms with E-state index in [9.17, 15) is 9.59 Å². The molecule has 1 aromatic carbocycles. The van der Waals surface area contributed by atoms with E-state index in [1.54, 1.807) is 18.1 Å². The number of carbonyl (C=O) groups is 2. The van der Waals surface area contributed by atoms with Gasteiger partial charge in [-0.2, -0.15) is 0 Å². The van der Waals surface area contributed by atoms with Crippen LogP contribution in [-0.2, 0) is 16.1 Å². The fourth-order valence-corrected chi connectivity index (χ4v) is 2.73. The van der Waals surface area contributed by atoms with Crippen LogP contribution in [0.5, 0.6) is 0 Å². The summed E-state index contributed by atoms with van der Waals surface area (Å²) in [6.45, 7) is 2.37. The van der Waals surface area contributed by atoms with Crippen molar-refractivity contribution in [3.63, 3.8) is 0 Å². The van der Waals surface area contributed by atoms with Crippen LogP contribution in [0, 0.1) is 0 Å². The lowest BCUT2D eigenvalue weighted by atomic mass is 10.2. The first kappa shape index (κ1) is 16.3. The Balaban J connectivity index is 1.95. The minimum atomic E-state index is -0.463. The Morgan fingerprint density at radius 3 is 2.79 bits per heavy atom. The van der Waals surface area contributed by atoms with E-state index in [4.69, 9.17) is 16.3 Å². The van der Waals surface area contributed by atoms with Crippen molar-refractivity contribution in [1.29, 1.82) is 0 Å². The van der Waals surface area contributed by atoms with Crippen molar-refractivity contribution in [2.75, 3.05) is 17.5 Å². The molecule has 0 spiro atoms. The first-order valence-corrected chi connectivity index (χ1v) is 8.15. The van der Waals surface area contributed by atoms with Crippen LogP contribution in [0.15, 0.2) is 30.5 Å². The number of esters is 1. The lowest BCUT2D eigenvalue weighted by molar-refractivity contribution is -0.120. The summed E-state index contributed by atoms with van der Waals surface area (Å²) >= 11 is 5.62. The molecule has 0 fully saturated rings. The highest BCUT2D eigenvalue weighted by atomic mass is 35.5. The second-order valence-corrected chi connectivity index (χ2v) is 5.56. The Morgan fingerprint density at radius 1 is 1.33 bits per heavy atom. The third kappa shape index (κ3) is 3.07. The molecule has 0 aliphatic carbocycles. The third-order valence-corrected chi connectivity index (χ3v) is 3.77. The number of imidazole rings is 1. The molecule has 8 heteroatoms. The average Bonchev–Trinajstić information content (AvgIpc) is 3.00. The highest BCUT2D eigenvalue weighted by Crippen LogP contribution is 2.30. The van der Waals surface area contributed by atoms with Gasteiger partial charge in [-0.15, -0.1) is 11.6 Å². The van der Waals surface area contributed by atoms with E-state index >= 15 is 0 Å². The Labute approximate surface area is 144 Å². The quantitative estimate of drug-likeness (QED) is 0.661. The number of hydrogen-bond donors (Lipinski definition) is 1. The molecule has 3 rings (SSSR count). The van der Waals surface area contributed by atoms with Gasteiger partial charge in [-0.05, 0) is 19.1 Å². The third-order valence-electron chi connectivity index (χ3n) is 3.58. The number of halogens is 1. The molecule has 0 saturated carbocycles. The fourth-order valence-electron chi connectivity index (χ4n) is 2.56. The molecule has 0 unspecified atom stereocenters. The lowest BCUT2D eigenvalue weighted by Gasteiger charge is -2.31. The van der Waals surface area contributed by atoms with Crippen LogP contribution in [0.25, 0.3) is 5.69 Å². The smallest absolute Gasteiger partial charge is 0.358 e. The van der Waals surface area contributed by atoms with Gasteiger partial charge in [0.2, 0.25) is 5.91 Å². The second-order valence-electron chi connectivity index (χ2n) is 5.18. The number of benzene rings is 1. The number of anilines is 1. The molecule has 2 heterocycles. The molecule has 7 nitrogen and oxygen atoms in total. The molecule has 126 valence electrons. The second kappa shape index (κ2) is 6.92. The molecule has 0 radical (unpaired) electrons. The van der Waals surface area contributed by atoms with Crippen LogP contribution in [0.4, 0.5) is 5.69 Å². The van der Waals surface area contributed by atoms with Gasteiger partial charge in [0.15, 0.2) is 5.69 Å².